The molecule has 0 radical (unpaired) electrons. The summed E-state index contributed by atoms with van der Waals surface area (Å²) in [4.78, 5) is 15.2. The SMILES string of the molecule is O=C(Cc1c[nH]c2ccccc12)OCc1cc2ccccc2o1. The molecule has 4 nitrogen and oxygen atoms in total. The molecule has 4 aromatic rings. The van der Waals surface area contributed by atoms with Crippen LogP contribution in [0, 0.1) is 0 Å². The van der Waals surface area contributed by atoms with Crippen LogP contribution < -0.4 is 0 Å². The summed E-state index contributed by atoms with van der Waals surface area (Å²) in [7, 11) is 0. The van der Waals surface area contributed by atoms with Crippen LogP contribution in [0.4, 0.5) is 0 Å². The number of esters is 1. The molecule has 2 heterocycles. The largest absolute Gasteiger partial charge is 0.457 e. The first-order valence-corrected chi connectivity index (χ1v) is 7.48. The van der Waals surface area contributed by atoms with Crippen molar-refractivity contribution in [3.63, 3.8) is 0 Å². The predicted molar refractivity (Wildman–Crippen MR) is 88.0 cm³/mol. The van der Waals surface area contributed by atoms with Gasteiger partial charge < -0.3 is 14.1 Å². The number of aromatic amines is 1. The number of hydrogen-bond donors (Lipinski definition) is 1. The third-order valence-electron chi connectivity index (χ3n) is 3.86. The average Bonchev–Trinajstić information content (AvgIpc) is 3.17. The number of carbonyl (C=O) groups is 1. The molecule has 114 valence electrons. The smallest absolute Gasteiger partial charge is 0.310 e. The molecule has 4 heteroatoms. The van der Waals surface area contributed by atoms with Gasteiger partial charge in [0.25, 0.3) is 0 Å². The van der Waals surface area contributed by atoms with Gasteiger partial charge in [0, 0.05) is 22.5 Å². The van der Waals surface area contributed by atoms with Gasteiger partial charge in [-0.25, -0.2) is 0 Å². The van der Waals surface area contributed by atoms with E-state index in [4.69, 9.17) is 9.15 Å². The number of aromatic nitrogens is 1. The van der Waals surface area contributed by atoms with Crippen LogP contribution in [0.25, 0.3) is 21.9 Å². The van der Waals surface area contributed by atoms with Crippen molar-refractivity contribution in [1.82, 2.24) is 4.98 Å². The van der Waals surface area contributed by atoms with E-state index in [-0.39, 0.29) is 19.0 Å². The lowest BCUT2D eigenvalue weighted by Crippen LogP contribution is -2.07. The molecule has 2 aromatic carbocycles. The fourth-order valence-corrected chi connectivity index (χ4v) is 2.74. The van der Waals surface area contributed by atoms with Crippen molar-refractivity contribution in [2.24, 2.45) is 0 Å². The van der Waals surface area contributed by atoms with Gasteiger partial charge in [-0.05, 0) is 23.8 Å². The lowest BCUT2D eigenvalue weighted by Gasteiger charge is -2.02. The molecule has 2 aromatic heterocycles. The maximum Gasteiger partial charge on any atom is 0.310 e. The summed E-state index contributed by atoms with van der Waals surface area (Å²) in [5, 5.41) is 2.06. The van der Waals surface area contributed by atoms with E-state index in [1.54, 1.807) is 0 Å². The van der Waals surface area contributed by atoms with Crippen LogP contribution in [0.1, 0.15) is 11.3 Å². The number of benzene rings is 2. The van der Waals surface area contributed by atoms with Crippen molar-refractivity contribution in [1.29, 1.82) is 0 Å². The van der Waals surface area contributed by atoms with Crippen LogP contribution in [0.5, 0.6) is 0 Å². The van der Waals surface area contributed by atoms with Crippen LogP contribution in [0.15, 0.2) is 65.2 Å². The lowest BCUT2D eigenvalue weighted by atomic mass is 10.1. The molecule has 23 heavy (non-hydrogen) atoms. The molecule has 0 saturated heterocycles. The average molecular weight is 305 g/mol. The number of para-hydroxylation sites is 2. The number of ether oxygens (including phenoxy) is 1. The van der Waals surface area contributed by atoms with E-state index in [1.165, 1.54) is 0 Å². The maximum absolute atomic E-state index is 12.1. The van der Waals surface area contributed by atoms with Gasteiger partial charge in [-0.1, -0.05) is 36.4 Å². The number of H-pyrrole nitrogens is 1. The van der Waals surface area contributed by atoms with Crippen molar-refractivity contribution >= 4 is 27.8 Å². The van der Waals surface area contributed by atoms with E-state index in [9.17, 15) is 4.79 Å². The van der Waals surface area contributed by atoms with Crippen molar-refractivity contribution in [2.45, 2.75) is 13.0 Å². The summed E-state index contributed by atoms with van der Waals surface area (Å²) >= 11 is 0. The maximum atomic E-state index is 12.1. The van der Waals surface area contributed by atoms with Gasteiger partial charge >= 0.3 is 5.97 Å². The fraction of sp³-hybridized carbons (Fsp3) is 0.105. The van der Waals surface area contributed by atoms with Gasteiger partial charge in [-0.3, -0.25) is 4.79 Å². The van der Waals surface area contributed by atoms with E-state index in [1.807, 2.05) is 60.8 Å². The number of furan rings is 1. The second kappa shape index (κ2) is 5.65. The topological polar surface area (TPSA) is 55.2 Å². The Bertz CT molecular complexity index is 947. The molecule has 0 atom stereocenters. The molecule has 0 fully saturated rings. The van der Waals surface area contributed by atoms with Crippen molar-refractivity contribution < 1.29 is 13.9 Å². The molecule has 1 N–H and O–H groups in total. The molecule has 0 aliphatic rings. The highest BCUT2D eigenvalue weighted by Crippen LogP contribution is 2.21. The highest BCUT2D eigenvalue weighted by atomic mass is 16.5. The Kier molecular flexibility index (Phi) is 3.35. The molecular formula is C19H15NO3. The van der Waals surface area contributed by atoms with E-state index >= 15 is 0 Å². The molecule has 0 unspecified atom stereocenters. The number of hydrogen-bond acceptors (Lipinski definition) is 3. The normalized spacial score (nSPS) is 11.1. The predicted octanol–water partition coefficient (Wildman–Crippen LogP) is 4.20. The monoisotopic (exact) mass is 305 g/mol. The van der Waals surface area contributed by atoms with Crippen molar-refractivity contribution in [3.05, 3.63) is 72.1 Å². The number of carbonyl (C=O) groups excluding carboxylic acids is 1. The van der Waals surface area contributed by atoms with Gasteiger partial charge in [-0.2, -0.15) is 0 Å². The van der Waals surface area contributed by atoms with Crippen LogP contribution in [0.2, 0.25) is 0 Å². The zero-order chi connectivity index (χ0) is 15.6. The number of rotatable bonds is 4. The van der Waals surface area contributed by atoms with Gasteiger partial charge in [0.1, 0.15) is 18.0 Å². The molecule has 0 amide bonds. The summed E-state index contributed by atoms with van der Waals surface area (Å²) in [6.07, 6.45) is 2.09. The minimum absolute atomic E-state index is 0.149. The highest BCUT2D eigenvalue weighted by Gasteiger charge is 2.11. The summed E-state index contributed by atoms with van der Waals surface area (Å²) < 4.78 is 11.0. The van der Waals surface area contributed by atoms with Gasteiger partial charge in [0.2, 0.25) is 0 Å². The highest BCUT2D eigenvalue weighted by molar-refractivity contribution is 5.87. The Balaban J connectivity index is 1.43. The van der Waals surface area contributed by atoms with Crippen LogP contribution in [-0.4, -0.2) is 11.0 Å². The van der Waals surface area contributed by atoms with Crippen LogP contribution >= 0.6 is 0 Å². The Labute approximate surface area is 132 Å². The van der Waals surface area contributed by atoms with Crippen LogP contribution in [-0.2, 0) is 22.6 Å². The quantitative estimate of drug-likeness (QED) is 0.575. The van der Waals surface area contributed by atoms with E-state index in [2.05, 4.69) is 4.98 Å². The van der Waals surface area contributed by atoms with Gasteiger partial charge in [-0.15, -0.1) is 0 Å². The van der Waals surface area contributed by atoms with Crippen molar-refractivity contribution in [2.75, 3.05) is 0 Å². The molecule has 4 rings (SSSR count). The number of nitrogens with one attached hydrogen (secondary N) is 1. The second-order valence-corrected chi connectivity index (χ2v) is 5.45. The molecule has 0 spiro atoms. The first kappa shape index (κ1) is 13.6. The minimum Gasteiger partial charge on any atom is -0.457 e. The Morgan fingerprint density at radius 3 is 2.83 bits per heavy atom. The van der Waals surface area contributed by atoms with Crippen LogP contribution in [0.3, 0.4) is 0 Å². The summed E-state index contributed by atoms with van der Waals surface area (Å²) in [5.74, 6) is 0.383. The minimum atomic E-state index is -0.268. The Morgan fingerprint density at radius 2 is 1.91 bits per heavy atom. The van der Waals surface area contributed by atoms with E-state index < -0.39 is 0 Å². The molecule has 0 aliphatic carbocycles. The van der Waals surface area contributed by atoms with Gasteiger partial charge in [0.05, 0.1) is 6.42 Å². The van der Waals surface area contributed by atoms with Gasteiger partial charge in [0.15, 0.2) is 0 Å². The molecule has 0 aliphatic heterocycles. The third-order valence-corrected chi connectivity index (χ3v) is 3.86. The van der Waals surface area contributed by atoms with E-state index in [0.29, 0.717) is 5.76 Å². The molecule has 0 bridgehead atoms. The first-order valence-electron chi connectivity index (χ1n) is 7.48. The summed E-state index contributed by atoms with van der Waals surface area (Å²) in [6.45, 7) is 0.149. The first-order chi connectivity index (χ1) is 11.3. The number of fused-ring (bicyclic) bond motifs is 2. The molecular weight excluding hydrogens is 290 g/mol. The lowest BCUT2D eigenvalue weighted by molar-refractivity contribution is -0.144. The fourth-order valence-electron chi connectivity index (χ4n) is 2.74. The zero-order valence-electron chi connectivity index (χ0n) is 12.4. The van der Waals surface area contributed by atoms with E-state index in [0.717, 1.165) is 27.4 Å². The summed E-state index contributed by atoms with van der Waals surface area (Å²) in [5.41, 5.74) is 2.76. The Hall–Kier alpha value is -3.01. The third kappa shape index (κ3) is 2.71. The van der Waals surface area contributed by atoms with Crippen molar-refractivity contribution in [3.8, 4) is 0 Å². The Morgan fingerprint density at radius 1 is 1.09 bits per heavy atom. The molecule has 0 saturated carbocycles. The summed E-state index contributed by atoms with van der Waals surface area (Å²) in [6, 6.07) is 17.5. The second-order valence-electron chi connectivity index (χ2n) is 5.45. The zero-order valence-corrected chi connectivity index (χ0v) is 12.4. The standard InChI is InChI=1S/C19H15NO3/c21-19(10-14-11-20-17-7-3-2-6-16(14)17)22-12-15-9-13-5-1-4-8-18(13)23-15/h1-9,11,20H,10,12H2.